The summed E-state index contributed by atoms with van der Waals surface area (Å²) in [6.45, 7) is 0. The normalized spacial score (nSPS) is 15.6. The predicted molar refractivity (Wildman–Crippen MR) is 33.3 cm³/mol. The van der Waals surface area contributed by atoms with E-state index in [0.29, 0.717) is 6.42 Å². The molecule has 0 fully saturated rings. The summed E-state index contributed by atoms with van der Waals surface area (Å²) < 4.78 is 4.64. The molecule has 1 heterocycles. The number of hydrogen-bond acceptors (Lipinski definition) is 3. The Hall–Kier alpha value is -1.56. The van der Waals surface area contributed by atoms with Gasteiger partial charge in [-0.05, 0) is 6.08 Å². The van der Waals surface area contributed by atoms with Gasteiger partial charge >= 0.3 is 0 Å². The maximum Gasteiger partial charge on any atom is 0.223 e. The second-order valence-electron chi connectivity index (χ2n) is 1.71. The molecular weight excluding hydrogens is 132 g/mol. The molecule has 1 rings (SSSR count). The molecule has 0 radical (unpaired) electrons. The van der Waals surface area contributed by atoms with Crippen LogP contribution in [0.3, 0.4) is 0 Å². The Bertz CT molecular complexity index is 235. The molecule has 0 aromatic carbocycles. The fourth-order valence-electron chi connectivity index (χ4n) is 0.620. The van der Waals surface area contributed by atoms with Gasteiger partial charge in [-0.2, -0.15) is 0 Å². The lowest BCUT2D eigenvalue weighted by atomic mass is 10.1. The number of rotatable bonds is 0. The second kappa shape index (κ2) is 2.83. The van der Waals surface area contributed by atoms with Crippen molar-refractivity contribution in [2.75, 3.05) is 0 Å². The van der Waals surface area contributed by atoms with Crippen LogP contribution in [0.2, 0.25) is 0 Å². The average Bonchev–Trinajstić information content (AvgIpc) is 2.04. The van der Waals surface area contributed by atoms with Gasteiger partial charge in [-0.15, -0.1) is 0 Å². The Balaban J connectivity index is 3.05. The van der Waals surface area contributed by atoms with Gasteiger partial charge in [0, 0.05) is 6.42 Å². The van der Waals surface area contributed by atoms with Gasteiger partial charge in [-0.1, -0.05) is 0 Å². The van der Waals surface area contributed by atoms with Crippen LogP contribution in [0.1, 0.15) is 6.42 Å². The van der Waals surface area contributed by atoms with Crippen LogP contribution >= 0.6 is 0 Å². The summed E-state index contributed by atoms with van der Waals surface area (Å²) in [5.41, 5.74) is 0.220. The third-order valence-electron chi connectivity index (χ3n) is 1.09. The van der Waals surface area contributed by atoms with Crippen molar-refractivity contribution in [2.45, 2.75) is 6.42 Å². The first-order valence-corrected chi connectivity index (χ1v) is 2.69. The molecule has 3 nitrogen and oxygen atoms in total. The molecule has 0 N–H and O–H groups in total. The Kier molecular flexibility index (Phi) is 1.86. The van der Waals surface area contributed by atoms with Gasteiger partial charge in [0.25, 0.3) is 0 Å². The maximum absolute atomic E-state index is 10.1. The van der Waals surface area contributed by atoms with Crippen molar-refractivity contribution in [1.82, 2.24) is 0 Å². The first kappa shape index (κ1) is 6.56. The smallest absolute Gasteiger partial charge is 0.223 e. The molecule has 0 saturated carbocycles. The molecule has 0 aromatic rings. The quantitative estimate of drug-likeness (QED) is 0.452. The summed E-state index contributed by atoms with van der Waals surface area (Å²) in [5, 5.41) is 0. The van der Waals surface area contributed by atoms with Gasteiger partial charge in [-0.25, -0.2) is 9.59 Å². The third-order valence-corrected chi connectivity index (χ3v) is 1.09. The molecule has 0 spiro atoms. The zero-order chi connectivity index (χ0) is 7.40. The van der Waals surface area contributed by atoms with Gasteiger partial charge < -0.3 is 4.74 Å². The van der Waals surface area contributed by atoms with Crippen molar-refractivity contribution in [2.24, 2.45) is 0 Å². The minimum absolute atomic E-state index is 0.0579. The van der Waals surface area contributed by atoms with Crippen LogP contribution < -0.4 is 0 Å². The minimum Gasteiger partial charge on any atom is -0.453 e. The summed E-state index contributed by atoms with van der Waals surface area (Å²) >= 11 is 0. The molecule has 0 saturated heterocycles. The number of carbonyl (C=O) groups excluding carboxylic acids is 2. The van der Waals surface area contributed by atoms with Crippen LogP contribution in [0.15, 0.2) is 23.7 Å². The van der Waals surface area contributed by atoms with Crippen molar-refractivity contribution >= 4 is 11.9 Å². The van der Waals surface area contributed by atoms with E-state index in [-0.39, 0.29) is 11.3 Å². The highest BCUT2D eigenvalue weighted by Crippen LogP contribution is 2.15. The van der Waals surface area contributed by atoms with Gasteiger partial charge in [0.1, 0.15) is 5.94 Å². The fourth-order valence-corrected chi connectivity index (χ4v) is 0.620. The molecule has 50 valence electrons. The van der Waals surface area contributed by atoms with Crippen LogP contribution in [-0.2, 0) is 14.3 Å². The first-order chi connectivity index (χ1) is 4.88. The summed E-state index contributed by atoms with van der Waals surface area (Å²) in [5.74, 6) is 3.04. The number of hydrogen-bond donors (Lipinski definition) is 0. The van der Waals surface area contributed by atoms with E-state index in [1.54, 1.807) is 12.0 Å². The van der Waals surface area contributed by atoms with Gasteiger partial charge in [0.05, 0.1) is 11.8 Å². The highest BCUT2D eigenvalue weighted by Gasteiger charge is 2.10. The Labute approximate surface area is 57.3 Å². The monoisotopic (exact) mass is 136 g/mol. The van der Waals surface area contributed by atoms with Crippen LogP contribution in [0.25, 0.3) is 0 Å². The van der Waals surface area contributed by atoms with E-state index in [0.717, 1.165) is 0 Å². The molecule has 1 aliphatic rings. The first-order valence-electron chi connectivity index (χ1n) is 2.69. The molecule has 0 bridgehead atoms. The van der Waals surface area contributed by atoms with Crippen molar-refractivity contribution < 1.29 is 14.3 Å². The van der Waals surface area contributed by atoms with Crippen LogP contribution in [0, 0.1) is 0 Å². The molecule has 0 unspecified atom stereocenters. The third kappa shape index (κ3) is 1.06. The zero-order valence-electron chi connectivity index (χ0n) is 5.09. The van der Waals surface area contributed by atoms with Crippen molar-refractivity contribution in [1.29, 1.82) is 0 Å². The largest absolute Gasteiger partial charge is 0.453 e. The number of ether oxygens (including phenoxy) is 1. The van der Waals surface area contributed by atoms with E-state index < -0.39 is 0 Å². The van der Waals surface area contributed by atoms with E-state index >= 15 is 0 Å². The minimum atomic E-state index is -0.0579. The molecular formula is C7H4O3. The molecule has 3 heteroatoms. The SMILES string of the molecule is O=C=C1CC=COC1=C=O. The fraction of sp³-hybridized carbons (Fsp3) is 0.143. The van der Waals surface area contributed by atoms with Gasteiger partial charge in [0.15, 0.2) is 5.94 Å². The predicted octanol–water partition coefficient (Wildman–Crippen LogP) is 0.394. The van der Waals surface area contributed by atoms with E-state index in [9.17, 15) is 9.59 Å². The zero-order valence-corrected chi connectivity index (χ0v) is 5.09. The Morgan fingerprint density at radius 1 is 1.40 bits per heavy atom. The summed E-state index contributed by atoms with van der Waals surface area (Å²) in [6.07, 6.45) is 3.37. The van der Waals surface area contributed by atoms with E-state index in [4.69, 9.17) is 0 Å². The van der Waals surface area contributed by atoms with Gasteiger partial charge in [-0.3, -0.25) is 0 Å². The standard InChI is InChI=1S/C7H4O3/c8-4-6-2-1-3-10-7(6)5-9/h1,3H,2H2. The molecule has 0 amide bonds. The molecule has 10 heavy (non-hydrogen) atoms. The maximum atomic E-state index is 10.1. The molecule has 0 aliphatic carbocycles. The molecule has 0 aromatic heterocycles. The Morgan fingerprint density at radius 2 is 2.20 bits per heavy atom. The topological polar surface area (TPSA) is 43.4 Å². The van der Waals surface area contributed by atoms with Crippen molar-refractivity contribution in [3.05, 3.63) is 23.7 Å². The van der Waals surface area contributed by atoms with E-state index in [1.807, 2.05) is 0 Å². The van der Waals surface area contributed by atoms with Crippen LogP contribution in [-0.4, -0.2) is 11.9 Å². The van der Waals surface area contributed by atoms with E-state index in [2.05, 4.69) is 4.74 Å². The van der Waals surface area contributed by atoms with Crippen LogP contribution in [0.5, 0.6) is 0 Å². The van der Waals surface area contributed by atoms with Crippen molar-refractivity contribution in [3.63, 3.8) is 0 Å². The lowest BCUT2D eigenvalue weighted by molar-refractivity contribution is 0.351. The summed E-state index contributed by atoms with van der Waals surface area (Å²) in [7, 11) is 0. The lowest BCUT2D eigenvalue weighted by Crippen LogP contribution is -1.97. The highest BCUT2D eigenvalue weighted by atomic mass is 16.5. The number of allylic oxidation sites excluding steroid dienone is 2. The average molecular weight is 136 g/mol. The van der Waals surface area contributed by atoms with Gasteiger partial charge in [0.2, 0.25) is 5.76 Å². The van der Waals surface area contributed by atoms with Crippen LogP contribution in [0.4, 0.5) is 0 Å². The lowest BCUT2D eigenvalue weighted by Gasteiger charge is -2.05. The van der Waals surface area contributed by atoms with E-state index in [1.165, 1.54) is 12.2 Å². The summed E-state index contributed by atoms with van der Waals surface area (Å²) in [6, 6.07) is 0. The second-order valence-corrected chi connectivity index (χ2v) is 1.71. The molecule has 0 atom stereocenters. The Morgan fingerprint density at radius 3 is 2.70 bits per heavy atom. The highest BCUT2D eigenvalue weighted by molar-refractivity contribution is 5.70. The van der Waals surface area contributed by atoms with Crippen molar-refractivity contribution in [3.8, 4) is 0 Å². The summed E-state index contributed by atoms with van der Waals surface area (Å²) in [4.78, 5) is 20.1. The molecule has 1 aliphatic heterocycles.